The van der Waals surface area contributed by atoms with Crippen molar-refractivity contribution in [2.45, 2.75) is 13.1 Å². The first-order chi connectivity index (χ1) is 11.8. The van der Waals surface area contributed by atoms with Crippen molar-refractivity contribution in [1.29, 1.82) is 0 Å². The van der Waals surface area contributed by atoms with E-state index in [0.717, 1.165) is 29.0 Å². The predicted molar refractivity (Wildman–Crippen MR) is 86.9 cm³/mol. The Balaban J connectivity index is 1.92. The largest absolute Gasteiger partial charge is 0.433 e. The molecule has 0 aliphatic carbocycles. The predicted octanol–water partition coefficient (Wildman–Crippen LogP) is 3.59. The van der Waals surface area contributed by atoms with Crippen LogP contribution in [0.1, 0.15) is 11.3 Å². The van der Waals surface area contributed by atoms with E-state index in [4.69, 9.17) is 5.73 Å². The van der Waals surface area contributed by atoms with Gasteiger partial charge in [0.25, 0.3) is 0 Å². The quantitative estimate of drug-likeness (QED) is 0.753. The lowest BCUT2D eigenvalue weighted by atomic mass is 10.1. The summed E-state index contributed by atoms with van der Waals surface area (Å²) in [5.74, 6) is 0.0204. The first-order valence-electron chi connectivity index (χ1n) is 7.18. The molecule has 0 bridgehead atoms. The SMILES string of the molecule is Cc1cc(Nc2nccc(C(F)(F)F)n2)cc(-c2cnc(N)nc2)c1. The van der Waals surface area contributed by atoms with E-state index in [9.17, 15) is 13.2 Å². The van der Waals surface area contributed by atoms with Gasteiger partial charge in [-0.05, 0) is 36.2 Å². The highest BCUT2D eigenvalue weighted by atomic mass is 19.4. The van der Waals surface area contributed by atoms with E-state index < -0.39 is 11.9 Å². The zero-order chi connectivity index (χ0) is 18.0. The van der Waals surface area contributed by atoms with Crippen molar-refractivity contribution < 1.29 is 13.2 Å². The zero-order valence-corrected chi connectivity index (χ0v) is 13.0. The van der Waals surface area contributed by atoms with Gasteiger partial charge in [0.2, 0.25) is 11.9 Å². The highest BCUT2D eigenvalue weighted by Crippen LogP contribution is 2.29. The average Bonchev–Trinajstić information content (AvgIpc) is 2.54. The molecule has 1 aromatic carbocycles. The molecule has 0 unspecified atom stereocenters. The summed E-state index contributed by atoms with van der Waals surface area (Å²) in [6.45, 7) is 1.86. The summed E-state index contributed by atoms with van der Waals surface area (Å²) in [6, 6.07) is 6.22. The minimum atomic E-state index is -4.53. The van der Waals surface area contributed by atoms with Gasteiger partial charge in [-0.3, -0.25) is 0 Å². The van der Waals surface area contributed by atoms with Crippen molar-refractivity contribution in [1.82, 2.24) is 19.9 Å². The van der Waals surface area contributed by atoms with Crippen LogP contribution in [-0.2, 0) is 6.18 Å². The maximum absolute atomic E-state index is 12.7. The van der Waals surface area contributed by atoms with Crippen LogP contribution in [0.25, 0.3) is 11.1 Å². The Morgan fingerprint density at radius 2 is 1.72 bits per heavy atom. The van der Waals surface area contributed by atoms with E-state index in [2.05, 4.69) is 25.3 Å². The van der Waals surface area contributed by atoms with E-state index >= 15 is 0 Å². The Labute approximate surface area is 141 Å². The fourth-order valence-corrected chi connectivity index (χ4v) is 2.21. The van der Waals surface area contributed by atoms with Crippen LogP contribution >= 0.6 is 0 Å². The molecule has 0 atom stereocenters. The molecule has 128 valence electrons. The summed E-state index contributed by atoms with van der Waals surface area (Å²) in [6.07, 6.45) is -0.329. The Kier molecular flexibility index (Phi) is 4.22. The number of alkyl halides is 3. The topological polar surface area (TPSA) is 89.6 Å². The van der Waals surface area contributed by atoms with Gasteiger partial charge in [0.05, 0.1) is 0 Å². The second-order valence-electron chi connectivity index (χ2n) is 5.31. The molecule has 0 radical (unpaired) electrons. The van der Waals surface area contributed by atoms with Crippen LogP contribution in [0.3, 0.4) is 0 Å². The minimum Gasteiger partial charge on any atom is -0.368 e. The molecule has 0 fully saturated rings. The number of nitrogens with zero attached hydrogens (tertiary/aromatic N) is 4. The molecule has 0 saturated heterocycles. The van der Waals surface area contributed by atoms with Gasteiger partial charge in [-0.2, -0.15) is 13.2 Å². The number of nitrogens with one attached hydrogen (secondary N) is 1. The van der Waals surface area contributed by atoms with Crippen molar-refractivity contribution in [3.63, 3.8) is 0 Å². The van der Waals surface area contributed by atoms with Crippen LogP contribution in [0.5, 0.6) is 0 Å². The molecule has 25 heavy (non-hydrogen) atoms. The second kappa shape index (κ2) is 6.34. The molecular formula is C16H13F3N6. The van der Waals surface area contributed by atoms with Gasteiger partial charge in [-0.15, -0.1) is 0 Å². The Morgan fingerprint density at radius 1 is 1.00 bits per heavy atom. The Hall–Kier alpha value is -3.23. The highest BCUT2D eigenvalue weighted by Gasteiger charge is 2.32. The zero-order valence-electron chi connectivity index (χ0n) is 13.0. The maximum Gasteiger partial charge on any atom is 0.433 e. The first kappa shape index (κ1) is 16.6. The van der Waals surface area contributed by atoms with Gasteiger partial charge in [-0.25, -0.2) is 19.9 Å². The minimum absolute atomic E-state index is 0.139. The molecular weight excluding hydrogens is 333 g/mol. The summed E-state index contributed by atoms with van der Waals surface area (Å²) >= 11 is 0. The van der Waals surface area contributed by atoms with Crippen molar-refractivity contribution in [3.8, 4) is 11.1 Å². The number of benzene rings is 1. The maximum atomic E-state index is 12.7. The van der Waals surface area contributed by atoms with Crippen LogP contribution in [0.4, 0.5) is 30.8 Å². The van der Waals surface area contributed by atoms with Gasteiger partial charge < -0.3 is 11.1 Å². The third kappa shape index (κ3) is 4.00. The number of aryl methyl sites for hydroxylation is 1. The molecule has 2 aromatic heterocycles. The van der Waals surface area contributed by atoms with Crippen molar-refractivity contribution in [2.24, 2.45) is 0 Å². The van der Waals surface area contributed by atoms with E-state index in [1.165, 1.54) is 0 Å². The molecule has 9 heteroatoms. The lowest BCUT2D eigenvalue weighted by molar-refractivity contribution is -0.141. The van der Waals surface area contributed by atoms with Crippen LogP contribution in [0.2, 0.25) is 0 Å². The molecule has 3 N–H and O–H groups in total. The molecule has 0 saturated carbocycles. The van der Waals surface area contributed by atoms with Gasteiger partial charge >= 0.3 is 6.18 Å². The standard InChI is InChI=1S/C16H13F3N6/c1-9-4-10(11-7-22-14(20)23-8-11)6-12(5-9)24-15-21-3-2-13(25-15)16(17,18)19/h2-8H,1H3,(H2,20,22,23)(H,21,24,25). The Morgan fingerprint density at radius 3 is 2.40 bits per heavy atom. The van der Waals surface area contributed by atoms with Gasteiger partial charge in [0.1, 0.15) is 5.69 Å². The summed E-state index contributed by atoms with van der Waals surface area (Å²) < 4.78 is 38.2. The molecule has 0 aliphatic heterocycles. The summed E-state index contributed by atoms with van der Waals surface area (Å²) in [5.41, 5.74) is 7.42. The van der Waals surface area contributed by atoms with E-state index in [-0.39, 0.29) is 11.9 Å². The number of hydrogen-bond acceptors (Lipinski definition) is 6. The van der Waals surface area contributed by atoms with Gasteiger partial charge in [0.15, 0.2) is 0 Å². The molecule has 6 nitrogen and oxygen atoms in total. The highest BCUT2D eigenvalue weighted by molar-refractivity contribution is 5.70. The molecule has 0 amide bonds. The number of nitrogens with two attached hydrogens (primary N) is 1. The normalized spacial score (nSPS) is 11.4. The lowest BCUT2D eigenvalue weighted by Crippen LogP contribution is -2.10. The average molecular weight is 346 g/mol. The van der Waals surface area contributed by atoms with Crippen LogP contribution in [0, 0.1) is 6.92 Å². The fraction of sp³-hybridized carbons (Fsp3) is 0.125. The molecule has 2 heterocycles. The van der Waals surface area contributed by atoms with Gasteiger partial charge in [-0.1, -0.05) is 6.07 Å². The molecule has 3 aromatic rings. The summed E-state index contributed by atoms with van der Waals surface area (Å²) in [4.78, 5) is 15.2. The third-order valence-electron chi connectivity index (χ3n) is 3.28. The number of hydrogen-bond donors (Lipinski definition) is 2. The fourth-order valence-electron chi connectivity index (χ4n) is 2.21. The molecule has 0 aliphatic rings. The van der Waals surface area contributed by atoms with E-state index in [0.29, 0.717) is 5.69 Å². The monoisotopic (exact) mass is 346 g/mol. The molecule has 3 rings (SSSR count). The number of rotatable bonds is 3. The van der Waals surface area contributed by atoms with Crippen molar-refractivity contribution in [3.05, 3.63) is 54.1 Å². The van der Waals surface area contributed by atoms with Crippen LogP contribution in [0.15, 0.2) is 42.9 Å². The van der Waals surface area contributed by atoms with E-state index in [1.54, 1.807) is 24.5 Å². The number of halogens is 3. The third-order valence-corrected chi connectivity index (χ3v) is 3.28. The number of anilines is 3. The second-order valence-corrected chi connectivity index (χ2v) is 5.31. The van der Waals surface area contributed by atoms with Crippen LogP contribution < -0.4 is 11.1 Å². The van der Waals surface area contributed by atoms with E-state index in [1.807, 2.05) is 13.0 Å². The number of nitrogen functional groups attached to an aromatic ring is 1. The lowest BCUT2D eigenvalue weighted by Gasteiger charge is -2.11. The molecule has 0 spiro atoms. The van der Waals surface area contributed by atoms with Crippen molar-refractivity contribution in [2.75, 3.05) is 11.1 Å². The first-order valence-corrected chi connectivity index (χ1v) is 7.18. The summed E-state index contributed by atoms with van der Waals surface area (Å²) in [7, 11) is 0. The summed E-state index contributed by atoms with van der Waals surface area (Å²) in [5, 5.41) is 2.79. The number of aromatic nitrogens is 4. The van der Waals surface area contributed by atoms with Gasteiger partial charge in [0, 0.05) is 29.8 Å². The smallest absolute Gasteiger partial charge is 0.368 e. The Bertz CT molecular complexity index is 893. The van der Waals surface area contributed by atoms with Crippen molar-refractivity contribution >= 4 is 17.6 Å². The van der Waals surface area contributed by atoms with Crippen LogP contribution in [-0.4, -0.2) is 19.9 Å².